The van der Waals surface area contributed by atoms with Gasteiger partial charge in [-0.05, 0) is 182 Å². The molecule has 0 amide bonds. The largest absolute Gasteiger partial charge is 0.309 e. The Morgan fingerprint density at radius 2 is 0.567 bits per heavy atom. The maximum atomic E-state index is 11.0. The summed E-state index contributed by atoms with van der Waals surface area (Å²) in [6.07, 6.45) is 0. The van der Waals surface area contributed by atoms with E-state index in [0.717, 1.165) is 132 Å². The van der Waals surface area contributed by atoms with Gasteiger partial charge < -0.3 is 9.13 Å². The Kier molecular flexibility index (Phi) is 12.9. The lowest BCUT2D eigenvalue weighted by molar-refractivity contribution is 1.00. The summed E-state index contributed by atoms with van der Waals surface area (Å²) in [5.41, 5.74) is 23.4. The average Bonchev–Trinajstić information content (AvgIpc) is 1.58. The van der Waals surface area contributed by atoms with Crippen LogP contribution in [0.1, 0.15) is 11.4 Å². The Labute approximate surface area is 595 Å². The molecule has 6 aromatic heterocycles. The third-order valence-electron chi connectivity index (χ3n) is 21.1. The molecule has 0 radical (unpaired) electrons. The van der Waals surface area contributed by atoms with Gasteiger partial charge in [0.15, 0.2) is 11.4 Å². The van der Waals surface area contributed by atoms with Gasteiger partial charge >= 0.3 is 0 Å². The van der Waals surface area contributed by atoms with Gasteiger partial charge in [0.2, 0.25) is 11.9 Å². The summed E-state index contributed by atoms with van der Waals surface area (Å²) in [6, 6.07) is 121. The minimum Gasteiger partial charge on any atom is -0.309 e. The van der Waals surface area contributed by atoms with Crippen molar-refractivity contribution in [3.8, 4) is 91.0 Å². The van der Waals surface area contributed by atoms with Crippen LogP contribution in [0.5, 0.6) is 0 Å². The van der Waals surface area contributed by atoms with Crippen molar-refractivity contribution in [1.82, 2.24) is 38.2 Å². The molecular formula is C94H54N10. The number of aromatic nitrogens is 8. The van der Waals surface area contributed by atoms with E-state index in [-0.39, 0.29) is 0 Å². The average molecular weight is 1320 g/mol. The zero-order chi connectivity index (χ0) is 68.7. The molecule has 0 aliphatic heterocycles. The fourth-order valence-corrected chi connectivity index (χ4v) is 16.3. The third-order valence-corrected chi connectivity index (χ3v) is 21.1. The number of nitriles is 2. The predicted molar refractivity (Wildman–Crippen MR) is 424 cm³/mol. The molecule has 480 valence electrons. The first-order valence-corrected chi connectivity index (χ1v) is 34.8. The molecule has 10 nitrogen and oxygen atoms in total. The van der Waals surface area contributed by atoms with E-state index in [1.807, 2.05) is 42.5 Å². The van der Waals surface area contributed by atoms with E-state index < -0.39 is 0 Å². The van der Waals surface area contributed by atoms with E-state index in [9.17, 15) is 10.5 Å². The number of para-hydroxylation sites is 5. The predicted octanol–water partition coefficient (Wildman–Crippen LogP) is 23.2. The topological polar surface area (TPSA) is 119 Å². The summed E-state index contributed by atoms with van der Waals surface area (Å²) < 4.78 is 8.92. The molecule has 10 heteroatoms. The van der Waals surface area contributed by atoms with E-state index in [0.29, 0.717) is 34.2 Å². The first-order valence-electron chi connectivity index (χ1n) is 34.8. The lowest BCUT2D eigenvalue weighted by Crippen LogP contribution is -2.03. The van der Waals surface area contributed by atoms with Crippen LogP contribution in [0.4, 0.5) is 0 Å². The van der Waals surface area contributed by atoms with Gasteiger partial charge in [0.05, 0.1) is 55.2 Å². The highest BCUT2D eigenvalue weighted by Gasteiger charge is 2.23. The van der Waals surface area contributed by atoms with Crippen molar-refractivity contribution in [2.24, 2.45) is 0 Å². The van der Waals surface area contributed by atoms with E-state index in [1.165, 1.54) is 43.4 Å². The maximum absolute atomic E-state index is 11.0. The molecular weight excluding hydrogens is 1270 g/mol. The molecule has 21 aromatic rings. The Balaban J connectivity index is 0.590. The number of fused-ring (bicyclic) bond motifs is 15. The van der Waals surface area contributed by atoms with E-state index >= 15 is 0 Å². The molecule has 0 saturated carbocycles. The second kappa shape index (κ2) is 23.0. The minimum absolute atomic E-state index is 0.305. The second-order valence-electron chi connectivity index (χ2n) is 26.8. The first-order chi connectivity index (χ1) is 51.4. The van der Waals surface area contributed by atoms with Crippen molar-refractivity contribution in [3.05, 3.63) is 339 Å². The zero-order valence-electron chi connectivity index (χ0n) is 55.6. The first kappa shape index (κ1) is 58.4. The van der Waals surface area contributed by atoms with Crippen LogP contribution in [0.2, 0.25) is 0 Å². The minimum atomic E-state index is 0.305. The number of hydrogen-bond acceptors (Lipinski definition) is 6. The summed E-state index contributed by atoms with van der Waals surface area (Å²) in [4.78, 5) is 20.1. The molecule has 0 unspecified atom stereocenters. The van der Waals surface area contributed by atoms with Crippen LogP contribution < -0.4 is 0 Å². The zero-order valence-corrected chi connectivity index (χ0v) is 55.6. The smallest absolute Gasteiger partial charge is 0.236 e. The highest BCUT2D eigenvalue weighted by molar-refractivity contribution is 6.15. The lowest BCUT2D eigenvalue weighted by atomic mass is 9.97. The van der Waals surface area contributed by atoms with E-state index in [4.69, 9.17) is 19.9 Å². The number of hydrogen-bond donors (Lipinski definition) is 0. The molecule has 0 saturated heterocycles. The monoisotopic (exact) mass is 1320 g/mol. The summed E-state index contributed by atoms with van der Waals surface area (Å²) in [7, 11) is 0. The molecule has 0 N–H and O–H groups in total. The van der Waals surface area contributed by atoms with Crippen molar-refractivity contribution in [3.63, 3.8) is 0 Å². The molecule has 15 aromatic carbocycles. The summed E-state index contributed by atoms with van der Waals surface area (Å²) in [5, 5.41) is 34.0. The van der Waals surface area contributed by atoms with Crippen LogP contribution in [-0.2, 0) is 0 Å². The summed E-state index contributed by atoms with van der Waals surface area (Å²) in [5.74, 6) is 0.903. The van der Waals surface area contributed by atoms with Crippen LogP contribution in [0.25, 0.3) is 199 Å². The van der Waals surface area contributed by atoms with Gasteiger partial charge in [0.25, 0.3) is 0 Å². The van der Waals surface area contributed by atoms with Gasteiger partial charge in [0, 0.05) is 65.2 Å². The normalized spacial score (nSPS) is 11.8. The van der Waals surface area contributed by atoms with Crippen LogP contribution in [0, 0.1) is 22.7 Å². The molecule has 104 heavy (non-hydrogen) atoms. The highest BCUT2D eigenvalue weighted by atomic mass is 15.2. The summed E-state index contributed by atoms with van der Waals surface area (Å²) >= 11 is 0. The van der Waals surface area contributed by atoms with Crippen molar-refractivity contribution in [2.45, 2.75) is 0 Å². The Hall–Kier alpha value is -14.6. The molecule has 21 rings (SSSR count). The molecule has 0 bridgehead atoms. The van der Waals surface area contributed by atoms with Crippen molar-refractivity contribution in [2.75, 3.05) is 0 Å². The van der Waals surface area contributed by atoms with Crippen LogP contribution >= 0.6 is 0 Å². The van der Waals surface area contributed by atoms with Gasteiger partial charge in [-0.15, -0.1) is 0 Å². The van der Waals surface area contributed by atoms with Gasteiger partial charge in [-0.1, -0.05) is 212 Å². The molecule has 0 aliphatic carbocycles. The lowest BCUT2D eigenvalue weighted by Gasteiger charge is -2.12. The number of rotatable bonds is 9. The van der Waals surface area contributed by atoms with Gasteiger partial charge in [0.1, 0.15) is 12.1 Å². The Morgan fingerprint density at radius 3 is 1.12 bits per heavy atom. The third kappa shape index (κ3) is 9.06. The SMILES string of the molecule is N#Cc1nc(-n2c3ccccc3c3cc(-c4ccc5c6ccccc6n(-c6ccc(-c7cccc(-c8ccc9nc(-n%10c%11ccccc%11c%11cc(-c%12ccc%13c%14ccccc%14n(-c%14ccc(-c%15cccc%16ccccc%15%16)cc%14)c%13c%12)ccc%11%10)nc(C#N)c9c8)c7)cc6)c5c4)ccc32)nc2ccccc12. The standard InChI is InChI=1S/C94H54N10/c95-55-83-77-24-3-8-26-81(77)97-93(99-83)103-87-29-11-6-22-73(87)78-50-63(38-47-89(78)103)65-35-44-75-71-20-4-9-27-85(71)101(91(75)53-65)67-40-31-57(32-41-67)60-17-13-18-61(49-60)62-37-46-82-80(52-62)84(56-96)100-94(98-82)104-88-30-12-7-23-74(88)79-51-64(39-48-90(79)104)66-36-45-76-72-21-5-10-28-86(72)102(92(76)54-66)68-42-33-59(34-43-68)70-25-14-16-58-15-1-2-19-69(58)70/h1-54H. The van der Waals surface area contributed by atoms with Crippen LogP contribution in [0.15, 0.2) is 328 Å². The quantitative estimate of drug-likeness (QED) is 0.142. The van der Waals surface area contributed by atoms with E-state index in [2.05, 4.69) is 316 Å². The molecule has 0 fully saturated rings. The van der Waals surface area contributed by atoms with Crippen molar-refractivity contribution >= 4 is 120 Å². The highest BCUT2D eigenvalue weighted by Crippen LogP contribution is 2.43. The fraction of sp³-hybridized carbons (Fsp3) is 0. The number of benzene rings is 15. The molecule has 0 spiro atoms. The maximum Gasteiger partial charge on any atom is 0.236 e. The summed E-state index contributed by atoms with van der Waals surface area (Å²) in [6.45, 7) is 0. The van der Waals surface area contributed by atoms with Crippen LogP contribution in [0.3, 0.4) is 0 Å². The number of nitrogens with zero attached hydrogens (tertiary/aromatic N) is 10. The Bertz CT molecular complexity index is 7310. The van der Waals surface area contributed by atoms with Gasteiger partial charge in [-0.25, -0.2) is 19.9 Å². The van der Waals surface area contributed by atoms with Crippen molar-refractivity contribution < 1.29 is 0 Å². The van der Waals surface area contributed by atoms with E-state index in [1.54, 1.807) is 0 Å². The van der Waals surface area contributed by atoms with Gasteiger partial charge in [-0.2, -0.15) is 10.5 Å². The molecule has 0 atom stereocenters. The Morgan fingerprint density at radius 1 is 0.212 bits per heavy atom. The van der Waals surface area contributed by atoms with Crippen LogP contribution in [-0.4, -0.2) is 38.2 Å². The fourth-order valence-electron chi connectivity index (χ4n) is 16.3. The second-order valence-corrected chi connectivity index (χ2v) is 26.8. The molecule has 6 heterocycles. The molecule has 0 aliphatic rings. The van der Waals surface area contributed by atoms with Crippen molar-refractivity contribution in [1.29, 1.82) is 10.5 Å². The van der Waals surface area contributed by atoms with Gasteiger partial charge in [-0.3, -0.25) is 9.13 Å².